The smallest absolute Gasteiger partial charge is 0.326 e. The van der Waals surface area contributed by atoms with Crippen LogP contribution < -0.4 is 10.6 Å². The summed E-state index contributed by atoms with van der Waals surface area (Å²) in [6.07, 6.45) is 1.11. The standard InChI is InChI=1S/C14H20N2O3/c1-4-5-12(13(17)18)16-14(19)15-11-7-9(2)6-10(3)8-11/h6-8,12H,4-5H2,1-3H3,(H,17,18)(H2,15,16,19)/t12-/m1/s1. The second kappa shape index (κ2) is 6.78. The van der Waals surface area contributed by atoms with Gasteiger partial charge in [-0.05, 0) is 43.5 Å². The third-order valence-corrected chi connectivity index (χ3v) is 2.66. The van der Waals surface area contributed by atoms with Crippen LogP contribution in [0.5, 0.6) is 0 Å². The van der Waals surface area contributed by atoms with Gasteiger partial charge in [0.2, 0.25) is 0 Å². The highest BCUT2D eigenvalue weighted by molar-refractivity contribution is 5.92. The predicted molar refractivity (Wildman–Crippen MR) is 74.4 cm³/mol. The summed E-state index contributed by atoms with van der Waals surface area (Å²) in [4.78, 5) is 22.7. The maximum absolute atomic E-state index is 11.7. The van der Waals surface area contributed by atoms with Crippen molar-refractivity contribution >= 4 is 17.7 Å². The van der Waals surface area contributed by atoms with E-state index in [1.807, 2.05) is 39.0 Å². The first kappa shape index (κ1) is 15.0. The zero-order valence-corrected chi connectivity index (χ0v) is 11.5. The van der Waals surface area contributed by atoms with Gasteiger partial charge in [-0.3, -0.25) is 0 Å². The van der Waals surface area contributed by atoms with Crippen molar-refractivity contribution in [2.24, 2.45) is 0 Å². The molecular weight excluding hydrogens is 244 g/mol. The summed E-state index contributed by atoms with van der Waals surface area (Å²) >= 11 is 0. The quantitative estimate of drug-likeness (QED) is 0.765. The number of carboxylic acids is 1. The molecule has 0 aliphatic rings. The lowest BCUT2D eigenvalue weighted by Crippen LogP contribution is -2.42. The summed E-state index contributed by atoms with van der Waals surface area (Å²) in [6, 6.07) is 4.33. The number of hydrogen-bond acceptors (Lipinski definition) is 2. The van der Waals surface area contributed by atoms with E-state index in [0.717, 1.165) is 11.1 Å². The number of amides is 2. The Labute approximate surface area is 113 Å². The SMILES string of the molecule is CCC[C@@H](NC(=O)Nc1cc(C)cc(C)c1)C(=O)O. The highest BCUT2D eigenvalue weighted by Gasteiger charge is 2.18. The van der Waals surface area contributed by atoms with Crippen molar-refractivity contribution in [3.8, 4) is 0 Å². The number of aliphatic carboxylic acids is 1. The minimum atomic E-state index is -1.02. The van der Waals surface area contributed by atoms with E-state index in [0.29, 0.717) is 18.5 Å². The fraction of sp³-hybridized carbons (Fsp3) is 0.429. The first-order chi connectivity index (χ1) is 8.92. The summed E-state index contributed by atoms with van der Waals surface area (Å²) in [5.74, 6) is -1.02. The van der Waals surface area contributed by atoms with Crippen LogP contribution in [0.15, 0.2) is 18.2 Å². The molecule has 0 aliphatic heterocycles. The van der Waals surface area contributed by atoms with Crippen molar-refractivity contribution in [1.82, 2.24) is 5.32 Å². The number of urea groups is 1. The molecule has 1 rings (SSSR count). The zero-order chi connectivity index (χ0) is 14.4. The van der Waals surface area contributed by atoms with Crippen LogP contribution in [0.25, 0.3) is 0 Å². The molecule has 1 aromatic carbocycles. The Morgan fingerprint density at radius 1 is 1.21 bits per heavy atom. The Kier molecular flexibility index (Phi) is 5.36. The van der Waals surface area contributed by atoms with Crippen molar-refractivity contribution in [2.75, 3.05) is 5.32 Å². The molecule has 0 aliphatic carbocycles. The first-order valence-corrected chi connectivity index (χ1v) is 6.31. The third kappa shape index (κ3) is 4.99. The van der Waals surface area contributed by atoms with E-state index in [1.165, 1.54) is 0 Å². The summed E-state index contributed by atoms with van der Waals surface area (Å²) < 4.78 is 0. The molecule has 0 saturated heterocycles. The molecule has 5 nitrogen and oxygen atoms in total. The van der Waals surface area contributed by atoms with Gasteiger partial charge < -0.3 is 15.7 Å². The zero-order valence-electron chi connectivity index (χ0n) is 11.5. The molecule has 3 N–H and O–H groups in total. The molecule has 0 bridgehead atoms. The number of hydrogen-bond donors (Lipinski definition) is 3. The van der Waals surface area contributed by atoms with Crippen molar-refractivity contribution in [2.45, 2.75) is 39.7 Å². The topological polar surface area (TPSA) is 78.4 Å². The Balaban J connectivity index is 2.66. The Bertz CT molecular complexity index is 452. The monoisotopic (exact) mass is 264 g/mol. The summed E-state index contributed by atoms with van der Waals surface area (Å²) in [5, 5.41) is 14.1. The Morgan fingerprint density at radius 3 is 2.26 bits per heavy atom. The van der Waals surface area contributed by atoms with Crippen LogP contribution in [0, 0.1) is 13.8 Å². The van der Waals surface area contributed by atoms with Crippen LogP contribution in [-0.2, 0) is 4.79 Å². The number of carboxylic acid groups (broad SMARTS) is 1. The molecular formula is C14H20N2O3. The molecule has 0 unspecified atom stereocenters. The molecule has 5 heteroatoms. The van der Waals surface area contributed by atoms with E-state index in [9.17, 15) is 9.59 Å². The lowest BCUT2D eigenvalue weighted by molar-refractivity contribution is -0.139. The third-order valence-electron chi connectivity index (χ3n) is 2.66. The molecule has 1 atom stereocenters. The van der Waals surface area contributed by atoms with Gasteiger partial charge in [-0.1, -0.05) is 19.4 Å². The molecule has 0 spiro atoms. The van der Waals surface area contributed by atoms with Crippen LogP contribution in [-0.4, -0.2) is 23.1 Å². The van der Waals surface area contributed by atoms with Gasteiger partial charge in [0.15, 0.2) is 0 Å². The molecule has 0 fully saturated rings. The number of anilines is 1. The molecule has 0 radical (unpaired) electrons. The first-order valence-electron chi connectivity index (χ1n) is 6.31. The van der Waals surface area contributed by atoms with Gasteiger partial charge in [-0.2, -0.15) is 0 Å². The van der Waals surface area contributed by atoms with Gasteiger partial charge >= 0.3 is 12.0 Å². The van der Waals surface area contributed by atoms with Gasteiger partial charge in [0.1, 0.15) is 6.04 Å². The number of carbonyl (C=O) groups excluding carboxylic acids is 1. The summed E-state index contributed by atoms with van der Waals surface area (Å²) in [7, 11) is 0. The average Bonchev–Trinajstić information content (AvgIpc) is 2.26. The Morgan fingerprint density at radius 2 is 1.79 bits per heavy atom. The van der Waals surface area contributed by atoms with Crippen LogP contribution in [0.3, 0.4) is 0 Å². The minimum Gasteiger partial charge on any atom is -0.480 e. The summed E-state index contributed by atoms with van der Waals surface area (Å²) in [5.41, 5.74) is 2.74. The fourth-order valence-corrected chi connectivity index (χ4v) is 1.92. The molecule has 0 aromatic heterocycles. The fourth-order valence-electron chi connectivity index (χ4n) is 1.92. The van der Waals surface area contributed by atoms with E-state index < -0.39 is 18.0 Å². The number of nitrogens with one attached hydrogen (secondary N) is 2. The van der Waals surface area contributed by atoms with E-state index in [1.54, 1.807) is 0 Å². The number of benzene rings is 1. The normalized spacial score (nSPS) is 11.7. The molecule has 1 aromatic rings. The average molecular weight is 264 g/mol. The molecule has 0 saturated carbocycles. The van der Waals surface area contributed by atoms with Crippen molar-refractivity contribution < 1.29 is 14.7 Å². The van der Waals surface area contributed by atoms with Crippen LogP contribution >= 0.6 is 0 Å². The lowest BCUT2D eigenvalue weighted by atomic mass is 10.1. The lowest BCUT2D eigenvalue weighted by Gasteiger charge is -2.14. The molecule has 104 valence electrons. The highest BCUT2D eigenvalue weighted by Crippen LogP contribution is 2.13. The largest absolute Gasteiger partial charge is 0.480 e. The van der Waals surface area contributed by atoms with Gasteiger partial charge in [0, 0.05) is 5.69 Å². The van der Waals surface area contributed by atoms with Crippen molar-refractivity contribution in [3.05, 3.63) is 29.3 Å². The predicted octanol–water partition coefficient (Wildman–Crippen LogP) is 2.68. The van der Waals surface area contributed by atoms with Gasteiger partial charge in [0.05, 0.1) is 0 Å². The van der Waals surface area contributed by atoms with Crippen molar-refractivity contribution in [1.29, 1.82) is 0 Å². The van der Waals surface area contributed by atoms with Gasteiger partial charge in [-0.15, -0.1) is 0 Å². The van der Waals surface area contributed by atoms with E-state index >= 15 is 0 Å². The number of rotatable bonds is 5. The minimum absolute atomic E-state index is 0.412. The van der Waals surface area contributed by atoms with Gasteiger partial charge in [-0.25, -0.2) is 9.59 Å². The molecule has 2 amide bonds. The second-order valence-corrected chi connectivity index (χ2v) is 4.65. The van der Waals surface area contributed by atoms with E-state index in [-0.39, 0.29) is 0 Å². The highest BCUT2D eigenvalue weighted by atomic mass is 16.4. The molecule has 19 heavy (non-hydrogen) atoms. The Hall–Kier alpha value is -2.04. The second-order valence-electron chi connectivity index (χ2n) is 4.65. The van der Waals surface area contributed by atoms with Crippen LogP contribution in [0.2, 0.25) is 0 Å². The van der Waals surface area contributed by atoms with Crippen molar-refractivity contribution in [3.63, 3.8) is 0 Å². The van der Waals surface area contributed by atoms with Crippen LogP contribution in [0.1, 0.15) is 30.9 Å². The van der Waals surface area contributed by atoms with Gasteiger partial charge in [0.25, 0.3) is 0 Å². The van der Waals surface area contributed by atoms with Crippen LogP contribution in [0.4, 0.5) is 10.5 Å². The molecule has 0 heterocycles. The maximum atomic E-state index is 11.7. The number of carbonyl (C=O) groups is 2. The van der Waals surface area contributed by atoms with E-state index in [4.69, 9.17) is 5.11 Å². The summed E-state index contributed by atoms with van der Waals surface area (Å²) in [6.45, 7) is 5.75. The number of aryl methyl sites for hydroxylation is 2. The maximum Gasteiger partial charge on any atom is 0.326 e. The van der Waals surface area contributed by atoms with E-state index in [2.05, 4.69) is 10.6 Å².